The summed E-state index contributed by atoms with van der Waals surface area (Å²) in [5, 5.41) is 6.16. The van der Waals surface area contributed by atoms with E-state index in [1.54, 1.807) is 7.11 Å². The van der Waals surface area contributed by atoms with Crippen LogP contribution >= 0.6 is 0 Å². The number of hydrogen-bond acceptors (Lipinski definition) is 3. The lowest BCUT2D eigenvalue weighted by atomic mass is 10.0. The molecule has 2 rings (SSSR count). The summed E-state index contributed by atoms with van der Waals surface area (Å²) in [6.07, 6.45) is 0.380. The first kappa shape index (κ1) is 12.9. The average Bonchev–Trinajstić information content (AvgIpc) is 2.27. The molecule has 0 unspecified atom stereocenters. The van der Waals surface area contributed by atoms with Crippen LogP contribution in [0.25, 0.3) is 0 Å². The van der Waals surface area contributed by atoms with Gasteiger partial charge in [-0.25, -0.2) is 0 Å². The summed E-state index contributed by atoms with van der Waals surface area (Å²) in [5.74, 6) is 1.43. The first-order valence-corrected chi connectivity index (χ1v) is 6.30. The zero-order valence-corrected chi connectivity index (χ0v) is 11.0. The third kappa shape index (κ3) is 3.23. The van der Waals surface area contributed by atoms with Gasteiger partial charge in [-0.3, -0.25) is 4.79 Å². The van der Waals surface area contributed by atoms with Gasteiger partial charge in [-0.15, -0.1) is 0 Å². The first-order chi connectivity index (χ1) is 8.69. The quantitative estimate of drug-likeness (QED) is 0.813. The molecule has 1 fully saturated rings. The number of hydrogen-bond donors (Lipinski definition) is 2. The van der Waals surface area contributed by atoms with Crippen molar-refractivity contribution in [1.29, 1.82) is 0 Å². The fourth-order valence-corrected chi connectivity index (χ4v) is 2.03. The Balaban J connectivity index is 1.90. The molecule has 1 saturated heterocycles. The van der Waals surface area contributed by atoms with Gasteiger partial charge in [0.1, 0.15) is 5.75 Å². The van der Waals surface area contributed by atoms with Gasteiger partial charge in [-0.2, -0.15) is 0 Å². The molecule has 0 bridgehead atoms. The van der Waals surface area contributed by atoms with E-state index in [-0.39, 0.29) is 5.91 Å². The zero-order valence-electron chi connectivity index (χ0n) is 11.0. The number of amides is 1. The van der Waals surface area contributed by atoms with Gasteiger partial charge < -0.3 is 15.4 Å². The molecule has 1 aromatic rings. The number of nitrogens with one attached hydrogen (secondary N) is 2. The molecule has 1 aliphatic rings. The second-order valence-corrected chi connectivity index (χ2v) is 4.82. The summed E-state index contributed by atoms with van der Waals surface area (Å²) in [4.78, 5) is 11.8. The number of benzene rings is 1. The summed E-state index contributed by atoms with van der Waals surface area (Å²) in [6.45, 7) is 4.79. The van der Waals surface area contributed by atoms with Gasteiger partial charge in [0, 0.05) is 31.1 Å². The largest absolute Gasteiger partial charge is 0.496 e. The lowest BCUT2D eigenvalue weighted by Crippen LogP contribution is -2.48. The molecule has 98 valence electrons. The van der Waals surface area contributed by atoms with E-state index in [0.717, 1.165) is 36.5 Å². The van der Waals surface area contributed by atoms with E-state index in [4.69, 9.17) is 4.74 Å². The van der Waals surface area contributed by atoms with Crippen LogP contribution in [0, 0.1) is 12.8 Å². The molecule has 2 N–H and O–H groups in total. The molecule has 4 nitrogen and oxygen atoms in total. The molecule has 1 aliphatic heterocycles. The van der Waals surface area contributed by atoms with Crippen LogP contribution in [0.4, 0.5) is 0 Å². The second kappa shape index (κ2) is 5.87. The summed E-state index contributed by atoms with van der Waals surface area (Å²) in [7, 11) is 1.63. The van der Waals surface area contributed by atoms with E-state index in [1.807, 2.05) is 25.1 Å². The zero-order chi connectivity index (χ0) is 13.0. The number of carbonyl (C=O) groups is 1. The van der Waals surface area contributed by atoms with Gasteiger partial charge in [0.25, 0.3) is 0 Å². The minimum absolute atomic E-state index is 0.0609. The molecule has 1 aromatic carbocycles. The van der Waals surface area contributed by atoms with Crippen molar-refractivity contribution in [1.82, 2.24) is 10.6 Å². The predicted molar refractivity (Wildman–Crippen MR) is 70.8 cm³/mol. The highest BCUT2D eigenvalue weighted by molar-refractivity contribution is 5.79. The minimum Gasteiger partial charge on any atom is -0.496 e. The first-order valence-electron chi connectivity index (χ1n) is 6.30. The van der Waals surface area contributed by atoms with Gasteiger partial charge in [-0.1, -0.05) is 17.7 Å². The van der Waals surface area contributed by atoms with E-state index >= 15 is 0 Å². The van der Waals surface area contributed by atoms with Crippen molar-refractivity contribution in [3.8, 4) is 5.75 Å². The third-order valence-electron chi connectivity index (χ3n) is 3.24. The van der Waals surface area contributed by atoms with Crippen molar-refractivity contribution < 1.29 is 9.53 Å². The van der Waals surface area contributed by atoms with Crippen LogP contribution in [0.2, 0.25) is 0 Å². The van der Waals surface area contributed by atoms with Crippen LogP contribution < -0.4 is 15.4 Å². The predicted octanol–water partition coefficient (Wildman–Crippen LogP) is 0.882. The molecule has 1 amide bonds. The number of aryl methyl sites for hydroxylation is 1. The lowest BCUT2D eigenvalue weighted by molar-refractivity contribution is -0.120. The van der Waals surface area contributed by atoms with E-state index in [1.165, 1.54) is 0 Å². The smallest absolute Gasteiger partial charge is 0.224 e. The van der Waals surface area contributed by atoms with Crippen LogP contribution in [-0.4, -0.2) is 32.7 Å². The minimum atomic E-state index is 0.0609. The van der Waals surface area contributed by atoms with E-state index in [0.29, 0.717) is 12.3 Å². The Morgan fingerprint density at radius 1 is 1.50 bits per heavy atom. The molecule has 0 atom stereocenters. The molecule has 1 heterocycles. The Kier molecular flexibility index (Phi) is 4.20. The van der Waals surface area contributed by atoms with E-state index in [9.17, 15) is 4.79 Å². The summed E-state index contributed by atoms with van der Waals surface area (Å²) < 4.78 is 5.27. The monoisotopic (exact) mass is 248 g/mol. The number of rotatable bonds is 5. The van der Waals surface area contributed by atoms with Gasteiger partial charge in [-0.05, 0) is 13.0 Å². The Morgan fingerprint density at radius 3 is 2.89 bits per heavy atom. The number of ether oxygens (including phenoxy) is 1. The van der Waals surface area contributed by atoms with Crippen LogP contribution in [0.5, 0.6) is 5.75 Å². The van der Waals surface area contributed by atoms with Crippen molar-refractivity contribution in [3.05, 3.63) is 29.3 Å². The maximum absolute atomic E-state index is 11.8. The average molecular weight is 248 g/mol. The highest BCUT2D eigenvalue weighted by Gasteiger charge is 2.17. The molecule has 0 aromatic heterocycles. The summed E-state index contributed by atoms with van der Waals surface area (Å²) >= 11 is 0. The summed E-state index contributed by atoms with van der Waals surface area (Å²) in [5.41, 5.74) is 2.09. The molecule has 0 spiro atoms. The van der Waals surface area contributed by atoms with Crippen LogP contribution in [0.3, 0.4) is 0 Å². The van der Waals surface area contributed by atoms with Crippen LogP contribution in [0.1, 0.15) is 11.1 Å². The van der Waals surface area contributed by atoms with Gasteiger partial charge in [0.15, 0.2) is 0 Å². The molecule has 4 heteroatoms. The summed E-state index contributed by atoms with van der Waals surface area (Å²) in [6, 6.07) is 5.90. The van der Waals surface area contributed by atoms with Crippen molar-refractivity contribution in [3.63, 3.8) is 0 Å². The van der Waals surface area contributed by atoms with Crippen LogP contribution in [-0.2, 0) is 11.2 Å². The Bertz CT molecular complexity index is 428. The molecule has 0 radical (unpaired) electrons. The second-order valence-electron chi connectivity index (χ2n) is 4.82. The molecule has 0 aliphatic carbocycles. The number of carbonyl (C=O) groups excluding carboxylic acids is 1. The highest BCUT2D eigenvalue weighted by Crippen LogP contribution is 2.20. The SMILES string of the molecule is COc1ccc(C)cc1CC(=O)NCC1CNC1. The van der Waals surface area contributed by atoms with Gasteiger partial charge in [0.05, 0.1) is 13.5 Å². The van der Waals surface area contributed by atoms with Crippen molar-refractivity contribution in [2.45, 2.75) is 13.3 Å². The fourth-order valence-electron chi connectivity index (χ4n) is 2.03. The molecule has 18 heavy (non-hydrogen) atoms. The third-order valence-corrected chi connectivity index (χ3v) is 3.24. The Morgan fingerprint density at radius 2 is 2.28 bits per heavy atom. The highest BCUT2D eigenvalue weighted by atomic mass is 16.5. The Labute approximate surface area is 108 Å². The van der Waals surface area contributed by atoms with Crippen molar-refractivity contribution in [2.75, 3.05) is 26.7 Å². The molecular weight excluding hydrogens is 228 g/mol. The van der Waals surface area contributed by atoms with Crippen molar-refractivity contribution in [2.24, 2.45) is 5.92 Å². The normalized spacial score (nSPS) is 15.0. The van der Waals surface area contributed by atoms with E-state index < -0.39 is 0 Å². The maximum atomic E-state index is 11.8. The van der Waals surface area contributed by atoms with Crippen molar-refractivity contribution >= 4 is 5.91 Å². The van der Waals surface area contributed by atoms with Crippen LogP contribution in [0.15, 0.2) is 18.2 Å². The Hall–Kier alpha value is -1.55. The number of methoxy groups -OCH3 is 1. The standard InChI is InChI=1S/C14H20N2O2/c1-10-3-4-13(18-2)12(5-10)6-14(17)16-9-11-7-15-8-11/h3-5,11,15H,6-9H2,1-2H3,(H,16,17). The molecule has 0 saturated carbocycles. The topological polar surface area (TPSA) is 50.4 Å². The van der Waals surface area contributed by atoms with Gasteiger partial charge >= 0.3 is 0 Å². The maximum Gasteiger partial charge on any atom is 0.224 e. The molecular formula is C14H20N2O2. The van der Waals surface area contributed by atoms with Gasteiger partial charge in [0.2, 0.25) is 5.91 Å². The fraction of sp³-hybridized carbons (Fsp3) is 0.500. The lowest BCUT2D eigenvalue weighted by Gasteiger charge is -2.27. The van der Waals surface area contributed by atoms with E-state index in [2.05, 4.69) is 10.6 Å².